The summed E-state index contributed by atoms with van der Waals surface area (Å²) in [5, 5.41) is 0. The standard InChI is InChI=1S/C30H32FNO2/c1-18-6-12-21(13-7-18)32-22-14-29(2,3)16-24(33)27(22)26(19-8-10-20(31)11-9-19)28-23(32)15-30(4,5)17-25(28)34/h6-13,26H,14-17H2,1-5H3. The number of carbonyl (C=O) groups is 2. The molecular weight excluding hydrogens is 425 g/mol. The second-order valence-electron chi connectivity index (χ2n) is 11.8. The van der Waals surface area contributed by atoms with Gasteiger partial charge in [0.25, 0.3) is 0 Å². The highest BCUT2D eigenvalue weighted by molar-refractivity contribution is 6.08. The molecule has 0 saturated heterocycles. The van der Waals surface area contributed by atoms with Gasteiger partial charge in [-0.3, -0.25) is 9.59 Å². The summed E-state index contributed by atoms with van der Waals surface area (Å²) in [6.45, 7) is 10.6. The lowest BCUT2D eigenvalue weighted by atomic mass is 9.63. The number of Topliss-reactive ketones (excluding diaryl/α,β-unsaturated/α-hetero) is 2. The van der Waals surface area contributed by atoms with E-state index < -0.39 is 5.92 Å². The van der Waals surface area contributed by atoms with Crippen LogP contribution < -0.4 is 4.90 Å². The van der Waals surface area contributed by atoms with Gasteiger partial charge in [-0.05, 0) is 60.4 Å². The maximum atomic E-state index is 13.8. The molecular formula is C30H32FNO2. The average molecular weight is 458 g/mol. The minimum absolute atomic E-state index is 0.0851. The van der Waals surface area contributed by atoms with Crippen molar-refractivity contribution in [1.82, 2.24) is 0 Å². The van der Waals surface area contributed by atoms with Crippen LogP contribution in [-0.2, 0) is 9.59 Å². The molecule has 0 N–H and O–H groups in total. The summed E-state index contributed by atoms with van der Waals surface area (Å²) in [5.41, 5.74) is 5.99. The molecule has 5 rings (SSSR count). The summed E-state index contributed by atoms with van der Waals surface area (Å²) in [6, 6.07) is 14.6. The lowest BCUT2D eigenvalue weighted by Crippen LogP contribution is -2.44. The van der Waals surface area contributed by atoms with Crippen molar-refractivity contribution >= 4 is 17.3 Å². The Bertz CT molecular complexity index is 1190. The molecule has 0 spiro atoms. The first kappa shape index (κ1) is 22.8. The van der Waals surface area contributed by atoms with Gasteiger partial charge in [0.05, 0.1) is 0 Å². The first-order chi connectivity index (χ1) is 16.0. The third-order valence-corrected chi connectivity index (χ3v) is 7.41. The van der Waals surface area contributed by atoms with Gasteiger partial charge in [0, 0.05) is 47.0 Å². The van der Waals surface area contributed by atoms with Crippen molar-refractivity contribution in [2.75, 3.05) is 4.90 Å². The molecule has 4 heteroatoms. The number of hydrogen-bond acceptors (Lipinski definition) is 3. The number of nitrogens with zero attached hydrogens (tertiary/aromatic N) is 1. The first-order valence-corrected chi connectivity index (χ1v) is 12.1. The summed E-state index contributed by atoms with van der Waals surface area (Å²) < 4.78 is 13.8. The van der Waals surface area contributed by atoms with Crippen LogP contribution in [0.3, 0.4) is 0 Å². The van der Waals surface area contributed by atoms with E-state index in [1.54, 1.807) is 12.1 Å². The van der Waals surface area contributed by atoms with E-state index in [4.69, 9.17) is 0 Å². The number of rotatable bonds is 2. The SMILES string of the molecule is Cc1ccc(N2C3=C(C(=O)CC(C)(C)C3)C(c3ccc(F)cc3)C3=C2CC(C)(C)CC3=O)cc1. The molecule has 2 aromatic carbocycles. The largest absolute Gasteiger partial charge is 0.317 e. The van der Waals surface area contributed by atoms with Gasteiger partial charge in [0.1, 0.15) is 5.82 Å². The number of anilines is 1. The van der Waals surface area contributed by atoms with Crippen molar-refractivity contribution in [3.8, 4) is 0 Å². The van der Waals surface area contributed by atoms with Crippen LogP contribution in [0.2, 0.25) is 0 Å². The smallest absolute Gasteiger partial charge is 0.162 e. The van der Waals surface area contributed by atoms with Gasteiger partial charge in [0.15, 0.2) is 11.6 Å². The third kappa shape index (κ3) is 3.83. The molecule has 1 heterocycles. The highest BCUT2D eigenvalue weighted by Gasteiger charge is 2.49. The minimum Gasteiger partial charge on any atom is -0.317 e. The third-order valence-electron chi connectivity index (χ3n) is 7.41. The van der Waals surface area contributed by atoms with Crippen LogP contribution in [-0.4, -0.2) is 11.6 Å². The van der Waals surface area contributed by atoms with Crippen molar-refractivity contribution in [2.45, 2.75) is 66.2 Å². The molecule has 0 unspecified atom stereocenters. The van der Waals surface area contributed by atoms with E-state index in [0.29, 0.717) is 24.0 Å². The molecule has 0 aromatic heterocycles. The topological polar surface area (TPSA) is 37.4 Å². The van der Waals surface area contributed by atoms with E-state index >= 15 is 0 Å². The first-order valence-electron chi connectivity index (χ1n) is 12.1. The van der Waals surface area contributed by atoms with Crippen molar-refractivity contribution in [2.24, 2.45) is 10.8 Å². The van der Waals surface area contributed by atoms with E-state index in [-0.39, 0.29) is 28.2 Å². The zero-order valence-corrected chi connectivity index (χ0v) is 20.7. The van der Waals surface area contributed by atoms with Crippen molar-refractivity contribution in [3.05, 3.63) is 88.0 Å². The highest BCUT2D eigenvalue weighted by Crippen LogP contribution is 2.55. The molecule has 176 valence electrons. The molecule has 0 bridgehead atoms. The monoisotopic (exact) mass is 457 g/mol. The molecule has 1 aliphatic heterocycles. The maximum Gasteiger partial charge on any atom is 0.162 e. The van der Waals surface area contributed by atoms with E-state index in [2.05, 4.69) is 63.8 Å². The summed E-state index contributed by atoms with van der Waals surface area (Å²) in [7, 11) is 0. The van der Waals surface area contributed by atoms with Crippen molar-refractivity contribution in [1.29, 1.82) is 0 Å². The molecule has 3 nitrogen and oxygen atoms in total. The fraction of sp³-hybridized carbons (Fsp3) is 0.400. The predicted octanol–water partition coefficient (Wildman–Crippen LogP) is 7.02. The molecule has 0 saturated carbocycles. The number of allylic oxidation sites excluding steroid dienone is 4. The van der Waals surface area contributed by atoms with Gasteiger partial charge >= 0.3 is 0 Å². The Morgan fingerprint density at radius 1 is 0.735 bits per heavy atom. The van der Waals surface area contributed by atoms with Gasteiger partial charge in [-0.1, -0.05) is 57.5 Å². The van der Waals surface area contributed by atoms with Gasteiger partial charge in [-0.15, -0.1) is 0 Å². The maximum absolute atomic E-state index is 13.8. The highest BCUT2D eigenvalue weighted by atomic mass is 19.1. The van der Waals surface area contributed by atoms with E-state index in [1.807, 2.05) is 0 Å². The molecule has 0 atom stereocenters. The van der Waals surface area contributed by atoms with E-state index in [0.717, 1.165) is 41.1 Å². The van der Waals surface area contributed by atoms with E-state index in [9.17, 15) is 14.0 Å². The second kappa shape index (κ2) is 7.76. The van der Waals surface area contributed by atoms with E-state index in [1.165, 1.54) is 12.1 Å². The van der Waals surface area contributed by atoms with Crippen LogP contribution >= 0.6 is 0 Å². The van der Waals surface area contributed by atoms with Crippen LogP contribution in [0.25, 0.3) is 0 Å². The Morgan fingerprint density at radius 2 is 1.21 bits per heavy atom. The molecule has 0 amide bonds. The molecule has 3 aliphatic rings. The summed E-state index contributed by atoms with van der Waals surface area (Å²) in [6.07, 6.45) is 2.36. The number of benzene rings is 2. The minimum atomic E-state index is -0.445. The Morgan fingerprint density at radius 3 is 1.68 bits per heavy atom. The molecule has 0 radical (unpaired) electrons. The summed E-state index contributed by atoms with van der Waals surface area (Å²) >= 11 is 0. The van der Waals surface area contributed by atoms with Crippen molar-refractivity contribution < 1.29 is 14.0 Å². The van der Waals surface area contributed by atoms with Crippen LogP contribution in [0.4, 0.5) is 10.1 Å². The van der Waals surface area contributed by atoms with Gasteiger partial charge < -0.3 is 4.90 Å². The molecule has 34 heavy (non-hydrogen) atoms. The zero-order chi connectivity index (χ0) is 24.4. The quantitative estimate of drug-likeness (QED) is 0.486. The Hall–Kier alpha value is -3.01. The number of aryl methyl sites for hydroxylation is 1. The van der Waals surface area contributed by atoms with Crippen LogP contribution in [0.5, 0.6) is 0 Å². The van der Waals surface area contributed by atoms with Crippen LogP contribution in [0.15, 0.2) is 71.1 Å². The normalized spacial score (nSPS) is 22.1. The molecule has 0 fully saturated rings. The zero-order valence-electron chi connectivity index (χ0n) is 20.7. The summed E-state index contributed by atoms with van der Waals surface area (Å²) in [4.78, 5) is 29.7. The predicted molar refractivity (Wildman–Crippen MR) is 133 cm³/mol. The Labute approximate surface area is 201 Å². The average Bonchev–Trinajstić information content (AvgIpc) is 2.72. The van der Waals surface area contributed by atoms with Gasteiger partial charge in [-0.25, -0.2) is 4.39 Å². The number of hydrogen-bond donors (Lipinski definition) is 0. The Kier molecular flexibility index (Phi) is 5.20. The second-order valence-corrected chi connectivity index (χ2v) is 11.8. The fourth-order valence-electron chi connectivity index (χ4n) is 5.96. The summed E-state index contributed by atoms with van der Waals surface area (Å²) in [5.74, 6) is -0.598. The van der Waals surface area contributed by atoms with Crippen LogP contribution in [0.1, 0.15) is 70.4 Å². The fourth-order valence-corrected chi connectivity index (χ4v) is 5.96. The molecule has 2 aliphatic carbocycles. The van der Waals surface area contributed by atoms with Crippen LogP contribution in [0, 0.1) is 23.6 Å². The van der Waals surface area contributed by atoms with Crippen molar-refractivity contribution in [3.63, 3.8) is 0 Å². The lowest BCUT2D eigenvalue weighted by molar-refractivity contribution is -0.119. The van der Waals surface area contributed by atoms with Gasteiger partial charge in [0.2, 0.25) is 0 Å². The number of halogens is 1. The lowest BCUT2D eigenvalue weighted by Gasteiger charge is -2.49. The number of ketones is 2. The Balaban J connectivity index is 1.82. The van der Waals surface area contributed by atoms with Gasteiger partial charge in [-0.2, -0.15) is 0 Å². The number of carbonyl (C=O) groups excluding carboxylic acids is 2. The molecule has 2 aromatic rings.